The van der Waals surface area contributed by atoms with Gasteiger partial charge in [0.2, 0.25) is 5.91 Å². The third-order valence-corrected chi connectivity index (χ3v) is 6.50. The van der Waals surface area contributed by atoms with E-state index in [2.05, 4.69) is 5.32 Å². The van der Waals surface area contributed by atoms with Crippen molar-refractivity contribution in [2.45, 2.75) is 37.1 Å². The molecule has 7 heteroatoms. The lowest BCUT2D eigenvalue weighted by Crippen LogP contribution is -2.46. The third kappa shape index (κ3) is 6.41. The summed E-state index contributed by atoms with van der Waals surface area (Å²) in [6.07, 6.45) is 1.99. The van der Waals surface area contributed by atoms with Crippen molar-refractivity contribution in [2.24, 2.45) is 0 Å². The summed E-state index contributed by atoms with van der Waals surface area (Å²) >= 11 is 7.73. The largest absolute Gasteiger partial charge is 0.494 e. The molecule has 0 bridgehead atoms. The Morgan fingerprint density at radius 3 is 2.50 bits per heavy atom. The zero-order valence-electron chi connectivity index (χ0n) is 17.1. The topological polar surface area (TPSA) is 58.6 Å². The van der Waals surface area contributed by atoms with Gasteiger partial charge in [0, 0.05) is 41.8 Å². The van der Waals surface area contributed by atoms with Crippen LogP contribution in [-0.4, -0.2) is 48.2 Å². The first-order valence-corrected chi connectivity index (χ1v) is 11.6. The second-order valence-electron chi connectivity index (χ2n) is 7.12. The fourth-order valence-corrected chi connectivity index (χ4v) is 4.57. The SMILES string of the molecule is CCOc1ccc(C(=O)N2CCC(NC(=O)CCSc3ccccc3Cl)CC2)cc1. The molecule has 0 atom stereocenters. The molecule has 1 saturated heterocycles. The molecule has 1 aliphatic heterocycles. The van der Waals surface area contributed by atoms with Gasteiger partial charge in [0.25, 0.3) is 5.91 Å². The van der Waals surface area contributed by atoms with Gasteiger partial charge in [-0.1, -0.05) is 23.7 Å². The maximum absolute atomic E-state index is 12.7. The number of nitrogens with zero attached hydrogens (tertiary/aromatic N) is 1. The van der Waals surface area contributed by atoms with Gasteiger partial charge in [0.05, 0.1) is 11.6 Å². The van der Waals surface area contributed by atoms with Crippen molar-refractivity contribution in [1.82, 2.24) is 10.2 Å². The van der Waals surface area contributed by atoms with E-state index in [1.54, 1.807) is 23.9 Å². The van der Waals surface area contributed by atoms with Crippen LogP contribution in [0.15, 0.2) is 53.4 Å². The van der Waals surface area contributed by atoms with Crippen LogP contribution < -0.4 is 10.1 Å². The lowest BCUT2D eigenvalue weighted by atomic mass is 10.0. The molecule has 30 heavy (non-hydrogen) atoms. The second kappa shape index (κ2) is 11.3. The van der Waals surface area contributed by atoms with E-state index in [1.165, 1.54) is 0 Å². The third-order valence-electron chi connectivity index (χ3n) is 4.98. The summed E-state index contributed by atoms with van der Waals surface area (Å²) in [5.74, 6) is 1.53. The van der Waals surface area contributed by atoms with E-state index < -0.39 is 0 Å². The van der Waals surface area contributed by atoms with Crippen LogP contribution in [0, 0.1) is 0 Å². The van der Waals surface area contributed by atoms with Crippen molar-refractivity contribution in [3.8, 4) is 5.75 Å². The highest BCUT2D eigenvalue weighted by Gasteiger charge is 2.24. The van der Waals surface area contributed by atoms with Crippen molar-refractivity contribution in [1.29, 1.82) is 0 Å². The van der Waals surface area contributed by atoms with E-state index in [0.29, 0.717) is 42.5 Å². The molecule has 1 heterocycles. The molecule has 0 radical (unpaired) electrons. The molecule has 5 nitrogen and oxygen atoms in total. The first-order valence-electron chi connectivity index (χ1n) is 10.3. The van der Waals surface area contributed by atoms with Gasteiger partial charge in [-0.05, 0) is 56.2 Å². The fourth-order valence-electron chi connectivity index (χ4n) is 3.39. The zero-order valence-corrected chi connectivity index (χ0v) is 18.7. The number of rotatable bonds is 8. The molecule has 1 aliphatic rings. The van der Waals surface area contributed by atoms with Crippen LogP contribution in [0.5, 0.6) is 5.75 Å². The number of hydrogen-bond donors (Lipinski definition) is 1. The van der Waals surface area contributed by atoms with Crippen molar-refractivity contribution in [3.63, 3.8) is 0 Å². The summed E-state index contributed by atoms with van der Waals surface area (Å²) in [5, 5.41) is 3.82. The Bertz CT molecular complexity index is 852. The highest BCUT2D eigenvalue weighted by atomic mass is 35.5. The summed E-state index contributed by atoms with van der Waals surface area (Å²) in [6.45, 7) is 3.82. The van der Waals surface area contributed by atoms with Gasteiger partial charge in [0.15, 0.2) is 0 Å². The number of piperidine rings is 1. The minimum Gasteiger partial charge on any atom is -0.494 e. The molecule has 1 fully saturated rings. The summed E-state index contributed by atoms with van der Waals surface area (Å²) < 4.78 is 5.42. The molecule has 2 aromatic rings. The van der Waals surface area contributed by atoms with Crippen LogP contribution in [0.3, 0.4) is 0 Å². The number of amides is 2. The number of likely N-dealkylation sites (tertiary alicyclic amines) is 1. The van der Waals surface area contributed by atoms with E-state index in [1.807, 2.05) is 48.2 Å². The number of nitrogens with one attached hydrogen (secondary N) is 1. The average molecular weight is 447 g/mol. The summed E-state index contributed by atoms with van der Waals surface area (Å²) in [5.41, 5.74) is 0.664. The van der Waals surface area contributed by atoms with Gasteiger partial charge in [-0.25, -0.2) is 0 Å². The van der Waals surface area contributed by atoms with E-state index >= 15 is 0 Å². The normalized spacial score (nSPS) is 14.4. The predicted octanol–water partition coefficient (Wildman–Crippen LogP) is 4.64. The van der Waals surface area contributed by atoms with Gasteiger partial charge in [-0.15, -0.1) is 11.8 Å². The quantitative estimate of drug-likeness (QED) is 0.600. The van der Waals surface area contributed by atoms with Crippen LogP contribution >= 0.6 is 23.4 Å². The van der Waals surface area contributed by atoms with Crippen molar-refractivity contribution in [2.75, 3.05) is 25.4 Å². The summed E-state index contributed by atoms with van der Waals surface area (Å²) in [4.78, 5) is 27.8. The van der Waals surface area contributed by atoms with Gasteiger partial charge in [0.1, 0.15) is 5.75 Å². The predicted molar refractivity (Wildman–Crippen MR) is 121 cm³/mol. The number of ether oxygens (including phenoxy) is 1. The van der Waals surface area contributed by atoms with Crippen LogP contribution in [0.25, 0.3) is 0 Å². The van der Waals surface area contributed by atoms with Crippen molar-refractivity contribution in [3.05, 3.63) is 59.1 Å². The van der Waals surface area contributed by atoms with E-state index in [9.17, 15) is 9.59 Å². The molecule has 1 N–H and O–H groups in total. The molecular weight excluding hydrogens is 420 g/mol. The highest BCUT2D eigenvalue weighted by Crippen LogP contribution is 2.27. The maximum Gasteiger partial charge on any atom is 0.253 e. The minimum absolute atomic E-state index is 0.0268. The molecule has 0 aliphatic carbocycles. The second-order valence-corrected chi connectivity index (χ2v) is 8.66. The number of carbonyl (C=O) groups excluding carboxylic acids is 2. The molecule has 2 amide bonds. The zero-order chi connectivity index (χ0) is 21.3. The Morgan fingerprint density at radius 2 is 1.83 bits per heavy atom. The van der Waals surface area contributed by atoms with E-state index in [0.717, 1.165) is 23.5 Å². The summed E-state index contributed by atoms with van der Waals surface area (Å²) in [7, 11) is 0. The van der Waals surface area contributed by atoms with Gasteiger partial charge in [-0.2, -0.15) is 0 Å². The summed E-state index contributed by atoms with van der Waals surface area (Å²) in [6, 6.07) is 15.0. The molecule has 0 aromatic heterocycles. The van der Waals surface area contributed by atoms with Crippen LogP contribution in [0.1, 0.15) is 36.5 Å². The lowest BCUT2D eigenvalue weighted by Gasteiger charge is -2.32. The van der Waals surface area contributed by atoms with Gasteiger partial charge >= 0.3 is 0 Å². The minimum atomic E-state index is 0.0268. The van der Waals surface area contributed by atoms with E-state index in [4.69, 9.17) is 16.3 Å². The number of hydrogen-bond acceptors (Lipinski definition) is 4. The average Bonchev–Trinajstić information content (AvgIpc) is 2.76. The number of thioether (sulfide) groups is 1. The maximum atomic E-state index is 12.7. The molecule has 0 saturated carbocycles. The molecular formula is C23H27ClN2O3S. The van der Waals surface area contributed by atoms with Crippen molar-refractivity contribution < 1.29 is 14.3 Å². The molecule has 160 valence electrons. The molecule has 0 unspecified atom stereocenters. The van der Waals surface area contributed by atoms with Crippen molar-refractivity contribution >= 4 is 35.2 Å². The molecule has 3 rings (SSSR count). The van der Waals surface area contributed by atoms with Crippen LogP contribution in [-0.2, 0) is 4.79 Å². The standard InChI is InChI=1S/C23H27ClN2O3S/c1-2-29-19-9-7-17(8-10-19)23(28)26-14-11-18(12-15-26)25-22(27)13-16-30-21-6-4-3-5-20(21)24/h3-10,18H,2,11-16H2,1H3,(H,25,27). The highest BCUT2D eigenvalue weighted by molar-refractivity contribution is 7.99. The Labute approximate surface area is 187 Å². The van der Waals surface area contributed by atoms with Crippen LogP contribution in [0.2, 0.25) is 5.02 Å². The number of benzene rings is 2. The Hall–Kier alpha value is -2.18. The number of carbonyl (C=O) groups is 2. The number of halogens is 1. The van der Waals surface area contributed by atoms with Gasteiger partial charge in [-0.3, -0.25) is 9.59 Å². The first-order chi connectivity index (χ1) is 14.6. The monoisotopic (exact) mass is 446 g/mol. The molecule has 0 spiro atoms. The fraction of sp³-hybridized carbons (Fsp3) is 0.391. The smallest absolute Gasteiger partial charge is 0.253 e. The van der Waals surface area contributed by atoms with E-state index in [-0.39, 0.29) is 17.9 Å². The first kappa shape index (κ1) is 22.5. The molecule has 2 aromatic carbocycles. The van der Waals surface area contributed by atoms with Gasteiger partial charge < -0.3 is 15.0 Å². The Kier molecular flexibility index (Phi) is 8.46. The Morgan fingerprint density at radius 1 is 1.13 bits per heavy atom. The lowest BCUT2D eigenvalue weighted by molar-refractivity contribution is -0.121. The Balaban J connectivity index is 1.39. The van der Waals surface area contributed by atoms with Crippen LogP contribution in [0.4, 0.5) is 0 Å².